The standard InChI is InChI=1S/C25H21ClFN3OS2/c26-18-13-15(9-10-19(18)27)28-25(31)30-14-17-16-5-1-2-7-21(16)33-24(17)29-11-3-6-20(29)23(30)22-8-4-12-32-22/h3-4,6,8-13,23H,1-2,5,7,14H2,(H,28,31)/t23-/m0/s1. The number of thiophene rings is 2. The summed E-state index contributed by atoms with van der Waals surface area (Å²) in [6.07, 6.45) is 6.68. The fourth-order valence-corrected chi connectivity index (χ4v) is 7.33. The molecular weight excluding hydrogens is 477 g/mol. The third kappa shape index (κ3) is 3.59. The average molecular weight is 498 g/mol. The van der Waals surface area contributed by atoms with Crippen molar-refractivity contribution in [1.29, 1.82) is 0 Å². The first-order chi connectivity index (χ1) is 16.1. The number of anilines is 1. The number of rotatable bonds is 2. The van der Waals surface area contributed by atoms with E-state index >= 15 is 0 Å². The first kappa shape index (κ1) is 21.0. The average Bonchev–Trinajstić information content (AvgIpc) is 3.56. The topological polar surface area (TPSA) is 37.3 Å². The van der Waals surface area contributed by atoms with Gasteiger partial charge in [-0.1, -0.05) is 17.7 Å². The predicted octanol–water partition coefficient (Wildman–Crippen LogP) is 7.41. The van der Waals surface area contributed by atoms with E-state index in [1.165, 1.54) is 52.0 Å². The minimum Gasteiger partial charge on any atom is -0.310 e. The Labute approximate surface area is 204 Å². The number of amides is 2. The van der Waals surface area contributed by atoms with E-state index in [4.69, 9.17) is 11.6 Å². The molecule has 0 saturated heterocycles. The zero-order chi connectivity index (χ0) is 22.5. The normalized spacial score (nSPS) is 17.2. The minimum absolute atomic E-state index is 0.0125. The predicted molar refractivity (Wildman–Crippen MR) is 132 cm³/mol. The maximum absolute atomic E-state index is 13.7. The second-order valence-corrected chi connectivity index (χ2v) is 10.9. The van der Waals surface area contributed by atoms with Crippen molar-refractivity contribution in [2.24, 2.45) is 0 Å². The number of nitrogens with zero attached hydrogens (tertiary/aromatic N) is 2. The van der Waals surface area contributed by atoms with Crippen molar-refractivity contribution in [3.8, 4) is 5.00 Å². The molecule has 33 heavy (non-hydrogen) atoms. The van der Waals surface area contributed by atoms with Gasteiger partial charge in [0.15, 0.2) is 0 Å². The number of hydrogen-bond donors (Lipinski definition) is 1. The second kappa shape index (κ2) is 8.31. The number of halogens is 2. The zero-order valence-corrected chi connectivity index (χ0v) is 20.1. The van der Waals surface area contributed by atoms with Crippen molar-refractivity contribution in [3.63, 3.8) is 0 Å². The molecule has 0 fully saturated rings. The summed E-state index contributed by atoms with van der Waals surface area (Å²) in [5.74, 6) is -0.506. The quantitative estimate of drug-likeness (QED) is 0.307. The van der Waals surface area contributed by atoms with Gasteiger partial charge in [-0.2, -0.15) is 0 Å². The van der Waals surface area contributed by atoms with Crippen LogP contribution in [0.15, 0.2) is 54.0 Å². The van der Waals surface area contributed by atoms with Gasteiger partial charge in [0.1, 0.15) is 16.9 Å². The molecule has 3 aromatic heterocycles. The SMILES string of the molecule is O=C(Nc1ccc(F)c(Cl)c1)N1Cc2c(sc3c2CCCC3)-n2cccc2[C@H]1c1cccs1. The molecule has 0 bridgehead atoms. The van der Waals surface area contributed by atoms with E-state index in [0.717, 1.165) is 23.4 Å². The number of urea groups is 1. The van der Waals surface area contributed by atoms with E-state index in [9.17, 15) is 9.18 Å². The highest BCUT2D eigenvalue weighted by molar-refractivity contribution is 7.15. The Bertz CT molecular complexity index is 1340. The van der Waals surface area contributed by atoms with Crippen LogP contribution in [-0.2, 0) is 19.4 Å². The highest BCUT2D eigenvalue weighted by Crippen LogP contribution is 2.44. The molecule has 0 unspecified atom stereocenters. The molecule has 0 spiro atoms. The van der Waals surface area contributed by atoms with Gasteiger partial charge in [-0.25, -0.2) is 9.18 Å². The largest absolute Gasteiger partial charge is 0.323 e. The van der Waals surface area contributed by atoms with Crippen molar-refractivity contribution in [1.82, 2.24) is 9.47 Å². The van der Waals surface area contributed by atoms with Crippen LogP contribution in [0.4, 0.5) is 14.9 Å². The number of aromatic nitrogens is 1. The van der Waals surface area contributed by atoms with E-state index in [-0.39, 0.29) is 17.1 Å². The molecule has 4 aromatic rings. The Morgan fingerprint density at radius 3 is 2.82 bits per heavy atom. The second-order valence-electron chi connectivity index (χ2n) is 8.40. The number of fused-ring (bicyclic) bond motifs is 5. The van der Waals surface area contributed by atoms with Gasteiger partial charge >= 0.3 is 6.03 Å². The number of carbonyl (C=O) groups is 1. The van der Waals surface area contributed by atoms with Crippen LogP contribution in [0.25, 0.3) is 5.00 Å². The molecule has 0 saturated carbocycles. The summed E-state index contributed by atoms with van der Waals surface area (Å²) in [6.45, 7) is 0.520. The summed E-state index contributed by atoms with van der Waals surface area (Å²) in [5.41, 5.74) is 4.21. The van der Waals surface area contributed by atoms with Crippen LogP contribution in [0.1, 0.15) is 45.5 Å². The third-order valence-corrected chi connectivity index (χ3v) is 8.97. The van der Waals surface area contributed by atoms with Crippen LogP contribution < -0.4 is 5.32 Å². The van der Waals surface area contributed by atoms with Crippen molar-refractivity contribution >= 4 is 46.0 Å². The lowest BCUT2D eigenvalue weighted by Crippen LogP contribution is -2.37. The van der Waals surface area contributed by atoms with Gasteiger partial charge in [-0.05, 0) is 73.0 Å². The lowest BCUT2D eigenvalue weighted by molar-refractivity contribution is 0.195. The molecule has 1 N–H and O–H groups in total. The van der Waals surface area contributed by atoms with E-state index in [2.05, 4.69) is 34.3 Å². The maximum Gasteiger partial charge on any atom is 0.323 e. The smallest absolute Gasteiger partial charge is 0.310 e. The first-order valence-corrected chi connectivity index (χ1v) is 13.0. The Kier molecular flexibility index (Phi) is 5.28. The molecular formula is C25H21ClFN3OS2. The Balaban J connectivity index is 1.47. The number of hydrogen-bond acceptors (Lipinski definition) is 3. The monoisotopic (exact) mass is 497 g/mol. The molecule has 1 atom stereocenters. The summed E-state index contributed by atoms with van der Waals surface area (Å²) in [7, 11) is 0. The molecule has 2 amide bonds. The summed E-state index contributed by atoms with van der Waals surface area (Å²) in [6, 6.07) is 12.1. The number of benzene rings is 1. The van der Waals surface area contributed by atoms with Crippen LogP contribution in [0.5, 0.6) is 0 Å². The molecule has 4 heterocycles. The highest BCUT2D eigenvalue weighted by atomic mass is 35.5. The minimum atomic E-state index is -0.506. The number of aryl methyl sites for hydroxylation is 1. The van der Waals surface area contributed by atoms with Crippen LogP contribution in [0.2, 0.25) is 5.02 Å². The zero-order valence-electron chi connectivity index (χ0n) is 17.7. The molecule has 8 heteroatoms. The number of nitrogens with one attached hydrogen (secondary N) is 1. The summed E-state index contributed by atoms with van der Waals surface area (Å²) < 4.78 is 15.9. The van der Waals surface area contributed by atoms with Crippen LogP contribution in [-0.4, -0.2) is 15.5 Å². The maximum atomic E-state index is 13.7. The fraction of sp³-hybridized carbons (Fsp3) is 0.240. The molecule has 2 aliphatic rings. The molecule has 6 rings (SSSR count). The van der Waals surface area contributed by atoms with Crippen molar-refractivity contribution < 1.29 is 9.18 Å². The molecule has 1 aliphatic heterocycles. The van der Waals surface area contributed by atoms with E-state index in [0.29, 0.717) is 12.2 Å². The number of carbonyl (C=O) groups excluding carboxylic acids is 1. The third-order valence-electron chi connectivity index (χ3n) is 6.42. The lowest BCUT2D eigenvalue weighted by Gasteiger charge is -2.30. The Morgan fingerprint density at radius 2 is 2.00 bits per heavy atom. The van der Waals surface area contributed by atoms with Crippen molar-refractivity contribution in [3.05, 3.63) is 91.5 Å². The van der Waals surface area contributed by atoms with Gasteiger partial charge in [-0.3, -0.25) is 0 Å². The summed E-state index contributed by atoms with van der Waals surface area (Å²) >= 11 is 9.48. The first-order valence-electron chi connectivity index (χ1n) is 11.0. The fourth-order valence-electron chi connectivity index (χ4n) is 4.90. The van der Waals surface area contributed by atoms with Gasteiger partial charge in [0.05, 0.1) is 17.3 Å². The Hall–Kier alpha value is -2.61. The van der Waals surface area contributed by atoms with E-state index in [1.54, 1.807) is 11.3 Å². The lowest BCUT2D eigenvalue weighted by atomic mass is 9.95. The van der Waals surface area contributed by atoms with Gasteiger partial charge in [0.2, 0.25) is 0 Å². The summed E-state index contributed by atoms with van der Waals surface area (Å²) in [4.78, 5) is 18.2. The molecule has 4 nitrogen and oxygen atoms in total. The van der Waals surface area contributed by atoms with Crippen molar-refractivity contribution in [2.45, 2.75) is 38.3 Å². The van der Waals surface area contributed by atoms with Gasteiger partial charge in [0, 0.05) is 27.2 Å². The van der Waals surface area contributed by atoms with Crippen LogP contribution in [0, 0.1) is 5.82 Å². The molecule has 1 aliphatic carbocycles. The van der Waals surface area contributed by atoms with Crippen molar-refractivity contribution in [2.75, 3.05) is 5.32 Å². The summed E-state index contributed by atoms with van der Waals surface area (Å²) in [5, 5.41) is 6.22. The van der Waals surface area contributed by atoms with Crippen LogP contribution in [0.3, 0.4) is 0 Å². The molecule has 168 valence electrons. The van der Waals surface area contributed by atoms with Gasteiger partial charge in [-0.15, -0.1) is 22.7 Å². The van der Waals surface area contributed by atoms with Crippen LogP contribution >= 0.6 is 34.3 Å². The van der Waals surface area contributed by atoms with E-state index < -0.39 is 5.82 Å². The molecule has 0 radical (unpaired) electrons. The Morgan fingerprint density at radius 1 is 1.12 bits per heavy atom. The van der Waals surface area contributed by atoms with Gasteiger partial charge in [0.25, 0.3) is 0 Å². The van der Waals surface area contributed by atoms with E-state index in [1.807, 2.05) is 27.7 Å². The molecule has 1 aromatic carbocycles. The van der Waals surface area contributed by atoms with Gasteiger partial charge < -0.3 is 14.8 Å². The highest BCUT2D eigenvalue weighted by Gasteiger charge is 2.36.